The molecule has 0 amide bonds. The van der Waals surface area contributed by atoms with Crippen LogP contribution in [0.5, 0.6) is 11.5 Å². The highest BCUT2D eigenvalue weighted by Crippen LogP contribution is 2.45. The minimum atomic E-state index is -0.706. The van der Waals surface area contributed by atoms with Gasteiger partial charge in [-0.15, -0.1) is 0 Å². The quantitative estimate of drug-likeness (QED) is 0.310. The minimum Gasteiger partial charge on any atom is -0.507 e. The molecule has 1 unspecified atom stereocenters. The second kappa shape index (κ2) is 8.56. The van der Waals surface area contributed by atoms with Crippen LogP contribution < -0.4 is 5.63 Å². The van der Waals surface area contributed by atoms with Crippen molar-refractivity contribution in [2.75, 3.05) is 0 Å². The van der Waals surface area contributed by atoms with Crippen LogP contribution >= 0.6 is 0 Å². The van der Waals surface area contributed by atoms with E-state index in [9.17, 15) is 19.4 Å². The number of phenols is 1. The molecular weight excluding hydrogens is 443 g/mol. The first-order valence-corrected chi connectivity index (χ1v) is 11.7. The Morgan fingerprint density at radius 3 is 1.89 bits per heavy atom. The summed E-state index contributed by atoms with van der Waals surface area (Å²) >= 11 is 0. The van der Waals surface area contributed by atoms with Gasteiger partial charge in [-0.1, -0.05) is 84.0 Å². The van der Waals surface area contributed by atoms with Gasteiger partial charge in [-0.25, -0.2) is 9.18 Å². The summed E-state index contributed by atoms with van der Waals surface area (Å²) in [5.74, 6) is -1.34. The van der Waals surface area contributed by atoms with E-state index in [1.54, 1.807) is 0 Å². The molecule has 4 rings (SSSR count). The molecule has 0 bridgehead atoms. The molecule has 1 heterocycles. The van der Waals surface area contributed by atoms with Crippen molar-refractivity contribution >= 4 is 11.0 Å². The summed E-state index contributed by atoms with van der Waals surface area (Å²) in [6.07, 6.45) is 0. The van der Waals surface area contributed by atoms with Gasteiger partial charge in [0.25, 0.3) is 0 Å². The summed E-state index contributed by atoms with van der Waals surface area (Å²) in [7, 11) is 0. The fraction of sp³-hybridized carbons (Fsp3) is 0.300. The Balaban J connectivity index is 2.13. The van der Waals surface area contributed by atoms with Crippen LogP contribution in [0.3, 0.4) is 0 Å². The van der Waals surface area contributed by atoms with Gasteiger partial charge >= 0.3 is 5.63 Å². The third-order valence-electron chi connectivity index (χ3n) is 6.38. The smallest absolute Gasteiger partial charge is 0.344 e. The highest BCUT2D eigenvalue weighted by molar-refractivity contribution is 5.84. The second-order valence-corrected chi connectivity index (χ2v) is 11.1. The lowest BCUT2D eigenvalue weighted by molar-refractivity contribution is 0.422. The number of benzene rings is 3. The van der Waals surface area contributed by atoms with Gasteiger partial charge in [-0.05, 0) is 51.3 Å². The number of phenolic OH excluding ortho intramolecular Hbond substituents is 1. The van der Waals surface area contributed by atoms with E-state index in [1.165, 1.54) is 12.1 Å². The lowest BCUT2D eigenvalue weighted by atomic mass is 9.75. The summed E-state index contributed by atoms with van der Waals surface area (Å²) in [4.78, 5) is 13.3. The summed E-state index contributed by atoms with van der Waals surface area (Å²) in [6.45, 7) is 12.1. The number of hydrogen-bond acceptors (Lipinski definition) is 4. The lowest BCUT2D eigenvalue weighted by Gasteiger charge is -2.30. The number of fused-ring (bicyclic) bond motifs is 1. The third kappa shape index (κ3) is 4.55. The van der Waals surface area contributed by atoms with Crippen molar-refractivity contribution < 1.29 is 19.0 Å². The van der Waals surface area contributed by atoms with Crippen molar-refractivity contribution in [2.45, 2.75) is 58.3 Å². The Kier molecular flexibility index (Phi) is 6.00. The zero-order valence-corrected chi connectivity index (χ0v) is 20.9. The standard InChI is InChI=1S/C30H31FO4/c1-29(2,3)21-14-18(15-22(27(21)33)30(4,5)6)24(17-10-8-7-9-11-17)25-26(32)20-16-19(31)12-13-23(20)35-28(25)34/h7-16,24,32-33H,1-6H3. The maximum atomic E-state index is 14.0. The fourth-order valence-electron chi connectivity index (χ4n) is 4.57. The van der Waals surface area contributed by atoms with Crippen LogP contribution in [0.1, 0.15) is 75.3 Å². The Hall–Kier alpha value is -3.60. The van der Waals surface area contributed by atoms with Crippen molar-refractivity contribution in [3.05, 3.63) is 105 Å². The topological polar surface area (TPSA) is 70.7 Å². The van der Waals surface area contributed by atoms with Gasteiger partial charge < -0.3 is 14.6 Å². The molecular formula is C30H31FO4. The Labute approximate surface area is 204 Å². The van der Waals surface area contributed by atoms with Crippen LogP contribution in [0.15, 0.2) is 69.9 Å². The molecule has 0 saturated carbocycles. The third-order valence-corrected chi connectivity index (χ3v) is 6.38. The fourth-order valence-corrected chi connectivity index (χ4v) is 4.57. The minimum absolute atomic E-state index is 0.0275. The van der Waals surface area contributed by atoms with Crippen LogP contribution in [0.25, 0.3) is 11.0 Å². The SMILES string of the molecule is CC(C)(C)c1cc(C(c2ccccc2)c2c(O)c3cc(F)ccc3oc2=O)cc(C(C)(C)C)c1O. The normalized spacial score (nSPS) is 13.2. The van der Waals surface area contributed by atoms with Gasteiger partial charge in [-0.3, -0.25) is 0 Å². The number of halogens is 1. The number of aromatic hydroxyl groups is 2. The highest BCUT2D eigenvalue weighted by atomic mass is 19.1. The first kappa shape index (κ1) is 24.5. The molecule has 0 aliphatic carbocycles. The number of hydrogen-bond donors (Lipinski definition) is 2. The van der Waals surface area contributed by atoms with Gasteiger partial charge in [0.15, 0.2) is 0 Å². The van der Waals surface area contributed by atoms with Crippen molar-refractivity contribution in [2.24, 2.45) is 0 Å². The van der Waals surface area contributed by atoms with E-state index in [2.05, 4.69) is 0 Å². The summed E-state index contributed by atoms with van der Waals surface area (Å²) in [6, 6.07) is 16.8. The molecule has 5 heteroatoms. The Bertz CT molecular complexity index is 1420. The van der Waals surface area contributed by atoms with E-state index < -0.39 is 17.4 Å². The van der Waals surface area contributed by atoms with Crippen molar-refractivity contribution in [1.29, 1.82) is 0 Å². The van der Waals surface area contributed by atoms with Crippen LogP contribution in [0.2, 0.25) is 0 Å². The first-order valence-electron chi connectivity index (χ1n) is 11.7. The first-order chi connectivity index (χ1) is 16.3. The maximum absolute atomic E-state index is 14.0. The monoisotopic (exact) mass is 474 g/mol. The van der Waals surface area contributed by atoms with Gasteiger partial charge in [-0.2, -0.15) is 0 Å². The predicted molar refractivity (Wildman–Crippen MR) is 137 cm³/mol. The molecule has 182 valence electrons. The zero-order chi connectivity index (χ0) is 25.7. The molecule has 35 heavy (non-hydrogen) atoms. The van der Waals surface area contributed by atoms with Crippen molar-refractivity contribution in [3.63, 3.8) is 0 Å². The molecule has 1 aromatic heterocycles. The molecule has 0 saturated heterocycles. The summed E-state index contributed by atoms with van der Waals surface area (Å²) in [5, 5.41) is 22.6. The molecule has 0 spiro atoms. The average molecular weight is 475 g/mol. The molecule has 1 atom stereocenters. The predicted octanol–water partition coefficient (Wildman–Crippen LogP) is 7.12. The van der Waals surface area contributed by atoms with Crippen LogP contribution in [0, 0.1) is 5.82 Å². The average Bonchev–Trinajstić information content (AvgIpc) is 2.76. The Morgan fingerprint density at radius 1 is 0.771 bits per heavy atom. The van der Waals surface area contributed by atoms with E-state index >= 15 is 0 Å². The van der Waals surface area contributed by atoms with Gasteiger partial charge in [0, 0.05) is 5.92 Å². The molecule has 2 N–H and O–H groups in total. The largest absolute Gasteiger partial charge is 0.507 e. The summed E-state index contributed by atoms with van der Waals surface area (Å²) < 4.78 is 19.6. The van der Waals surface area contributed by atoms with Crippen LogP contribution in [0.4, 0.5) is 4.39 Å². The highest BCUT2D eigenvalue weighted by Gasteiger charge is 2.32. The molecule has 0 aliphatic heterocycles. The van der Waals surface area contributed by atoms with E-state index in [1.807, 2.05) is 84.0 Å². The van der Waals surface area contributed by atoms with E-state index in [0.29, 0.717) is 0 Å². The molecule has 3 aromatic carbocycles. The lowest BCUT2D eigenvalue weighted by Crippen LogP contribution is -2.20. The van der Waals surface area contributed by atoms with Crippen LogP contribution in [-0.2, 0) is 10.8 Å². The van der Waals surface area contributed by atoms with Crippen molar-refractivity contribution in [1.82, 2.24) is 0 Å². The van der Waals surface area contributed by atoms with Gasteiger partial charge in [0.2, 0.25) is 0 Å². The van der Waals surface area contributed by atoms with Gasteiger partial charge in [0.1, 0.15) is 22.9 Å². The zero-order valence-electron chi connectivity index (χ0n) is 20.9. The van der Waals surface area contributed by atoms with E-state index in [-0.39, 0.29) is 38.9 Å². The van der Waals surface area contributed by atoms with Crippen molar-refractivity contribution in [3.8, 4) is 11.5 Å². The molecule has 0 fully saturated rings. The summed E-state index contributed by atoms with van der Waals surface area (Å²) in [5.41, 5.74) is 1.62. The second-order valence-electron chi connectivity index (χ2n) is 11.1. The van der Waals surface area contributed by atoms with Gasteiger partial charge in [0.05, 0.1) is 10.9 Å². The van der Waals surface area contributed by atoms with E-state index in [4.69, 9.17) is 4.42 Å². The maximum Gasteiger partial charge on any atom is 0.344 e. The molecule has 4 aromatic rings. The van der Waals surface area contributed by atoms with E-state index in [0.717, 1.165) is 28.3 Å². The van der Waals surface area contributed by atoms with Crippen LogP contribution in [-0.4, -0.2) is 10.2 Å². The Morgan fingerprint density at radius 2 is 1.34 bits per heavy atom. The molecule has 4 nitrogen and oxygen atoms in total. The molecule has 0 radical (unpaired) electrons. The molecule has 0 aliphatic rings. The number of rotatable bonds is 3.